The Balaban J connectivity index is 4.17. The van der Waals surface area contributed by atoms with Crippen molar-refractivity contribution in [2.45, 2.75) is 52.0 Å². The fraction of sp³-hybridized carbons (Fsp3) is 0.917. The van der Waals surface area contributed by atoms with Gasteiger partial charge < -0.3 is 8.85 Å². The molecule has 0 saturated heterocycles. The SMILES string of the molecule is CCCC(CCCN=C=O)[SiH](OCC)OCC. The second kappa shape index (κ2) is 12.0. The van der Waals surface area contributed by atoms with Crippen LogP contribution in [0.2, 0.25) is 5.54 Å². The topological polar surface area (TPSA) is 47.9 Å². The molecule has 0 aliphatic rings. The maximum absolute atomic E-state index is 9.98. The van der Waals surface area contributed by atoms with E-state index in [4.69, 9.17) is 8.85 Å². The Bertz CT molecular complexity index is 214. The van der Waals surface area contributed by atoms with Gasteiger partial charge >= 0.3 is 9.28 Å². The molecule has 0 rings (SSSR count). The highest BCUT2D eigenvalue weighted by atomic mass is 28.3. The van der Waals surface area contributed by atoms with E-state index in [-0.39, 0.29) is 0 Å². The van der Waals surface area contributed by atoms with E-state index in [1.807, 2.05) is 13.8 Å². The molecule has 0 radical (unpaired) electrons. The van der Waals surface area contributed by atoms with E-state index >= 15 is 0 Å². The number of nitrogens with zero attached hydrogens (tertiary/aromatic N) is 1. The van der Waals surface area contributed by atoms with Crippen LogP contribution in [0.1, 0.15) is 46.5 Å². The van der Waals surface area contributed by atoms with Crippen LogP contribution in [0.5, 0.6) is 0 Å². The Morgan fingerprint density at radius 1 is 1.18 bits per heavy atom. The van der Waals surface area contributed by atoms with Crippen molar-refractivity contribution in [1.29, 1.82) is 0 Å². The molecule has 0 aromatic rings. The molecule has 0 N–H and O–H groups in total. The minimum atomic E-state index is -1.56. The molecule has 1 atom stereocenters. The number of aliphatic imine (C=N–C) groups is 1. The fourth-order valence-corrected chi connectivity index (χ4v) is 4.33. The zero-order valence-electron chi connectivity index (χ0n) is 11.3. The minimum Gasteiger partial charge on any atom is -0.397 e. The molecular formula is C12H25NO3Si. The summed E-state index contributed by atoms with van der Waals surface area (Å²) >= 11 is 0. The molecule has 1 unspecified atom stereocenters. The largest absolute Gasteiger partial charge is 0.397 e. The summed E-state index contributed by atoms with van der Waals surface area (Å²) < 4.78 is 11.5. The van der Waals surface area contributed by atoms with Crippen LogP contribution in [-0.2, 0) is 13.6 Å². The van der Waals surface area contributed by atoms with E-state index in [2.05, 4.69) is 11.9 Å². The van der Waals surface area contributed by atoms with Crippen molar-refractivity contribution in [2.24, 2.45) is 4.99 Å². The van der Waals surface area contributed by atoms with Crippen molar-refractivity contribution in [1.82, 2.24) is 0 Å². The van der Waals surface area contributed by atoms with Gasteiger partial charge in [-0.05, 0) is 38.7 Å². The van der Waals surface area contributed by atoms with Crippen molar-refractivity contribution >= 4 is 15.4 Å². The van der Waals surface area contributed by atoms with Crippen LogP contribution in [0.25, 0.3) is 0 Å². The zero-order chi connectivity index (χ0) is 12.9. The number of rotatable bonds is 11. The molecule has 0 aromatic heterocycles. The number of hydrogen-bond acceptors (Lipinski definition) is 4. The monoisotopic (exact) mass is 259 g/mol. The van der Waals surface area contributed by atoms with E-state index in [0.717, 1.165) is 38.9 Å². The first-order valence-electron chi connectivity index (χ1n) is 6.56. The summed E-state index contributed by atoms with van der Waals surface area (Å²) in [5.74, 6) is 0. The molecule has 0 heterocycles. The lowest BCUT2D eigenvalue weighted by Gasteiger charge is -2.24. The van der Waals surface area contributed by atoms with Crippen LogP contribution in [0.15, 0.2) is 4.99 Å². The summed E-state index contributed by atoms with van der Waals surface area (Å²) in [4.78, 5) is 13.6. The van der Waals surface area contributed by atoms with Gasteiger partial charge in [-0.15, -0.1) is 0 Å². The molecule has 0 amide bonds. The summed E-state index contributed by atoms with van der Waals surface area (Å²) in [7, 11) is -1.56. The van der Waals surface area contributed by atoms with Gasteiger partial charge in [-0.2, -0.15) is 0 Å². The van der Waals surface area contributed by atoms with E-state index in [9.17, 15) is 4.79 Å². The van der Waals surface area contributed by atoms with Gasteiger partial charge in [0.25, 0.3) is 0 Å². The Morgan fingerprint density at radius 2 is 1.82 bits per heavy atom. The maximum Gasteiger partial charge on any atom is 0.324 e. The normalized spacial score (nSPS) is 12.5. The van der Waals surface area contributed by atoms with Crippen LogP contribution >= 0.6 is 0 Å². The van der Waals surface area contributed by atoms with E-state index < -0.39 is 9.28 Å². The maximum atomic E-state index is 9.98. The first-order chi connectivity index (χ1) is 8.29. The molecule has 17 heavy (non-hydrogen) atoms. The van der Waals surface area contributed by atoms with Gasteiger partial charge in [0, 0.05) is 13.2 Å². The van der Waals surface area contributed by atoms with Crippen molar-refractivity contribution < 1.29 is 13.6 Å². The molecule has 0 aromatic carbocycles. The summed E-state index contributed by atoms with van der Waals surface area (Å²) in [6, 6.07) is 0. The second-order valence-corrected chi connectivity index (χ2v) is 6.29. The third kappa shape index (κ3) is 8.27. The Labute approximate surface area is 106 Å². The summed E-state index contributed by atoms with van der Waals surface area (Å²) in [6.45, 7) is 8.23. The van der Waals surface area contributed by atoms with Crippen LogP contribution in [0.3, 0.4) is 0 Å². The van der Waals surface area contributed by atoms with Crippen molar-refractivity contribution in [2.75, 3.05) is 19.8 Å². The molecule has 5 heteroatoms. The quantitative estimate of drug-likeness (QED) is 0.248. The average molecular weight is 259 g/mol. The number of hydrogen-bond donors (Lipinski definition) is 0. The second-order valence-electron chi connectivity index (χ2n) is 3.94. The van der Waals surface area contributed by atoms with Gasteiger partial charge in [-0.25, -0.2) is 9.79 Å². The average Bonchev–Trinajstić information content (AvgIpc) is 2.33. The molecule has 0 aliphatic heterocycles. The third-order valence-corrected chi connectivity index (χ3v) is 5.38. The van der Waals surface area contributed by atoms with Gasteiger partial charge in [0.1, 0.15) is 0 Å². The Morgan fingerprint density at radius 3 is 2.29 bits per heavy atom. The van der Waals surface area contributed by atoms with Crippen molar-refractivity contribution in [3.05, 3.63) is 0 Å². The zero-order valence-corrected chi connectivity index (χ0v) is 12.4. The van der Waals surface area contributed by atoms with Gasteiger partial charge in [0.2, 0.25) is 6.08 Å². The van der Waals surface area contributed by atoms with Gasteiger partial charge in [0.15, 0.2) is 0 Å². The van der Waals surface area contributed by atoms with E-state index in [1.165, 1.54) is 0 Å². The predicted octanol–water partition coefficient (Wildman–Crippen LogP) is 2.57. The highest BCUT2D eigenvalue weighted by molar-refractivity contribution is 6.46. The van der Waals surface area contributed by atoms with E-state index in [1.54, 1.807) is 6.08 Å². The summed E-state index contributed by atoms with van der Waals surface area (Å²) in [5.41, 5.74) is 0.529. The van der Waals surface area contributed by atoms with Crippen molar-refractivity contribution in [3.8, 4) is 0 Å². The summed E-state index contributed by atoms with van der Waals surface area (Å²) in [6.07, 6.45) is 5.82. The van der Waals surface area contributed by atoms with Crippen molar-refractivity contribution in [3.63, 3.8) is 0 Å². The van der Waals surface area contributed by atoms with Gasteiger partial charge in [-0.1, -0.05) is 13.3 Å². The molecule has 4 nitrogen and oxygen atoms in total. The first-order valence-corrected chi connectivity index (χ1v) is 8.17. The molecule has 0 aliphatic carbocycles. The number of carbonyl (C=O) groups excluding carboxylic acids is 1. The third-order valence-electron chi connectivity index (χ3n) is 2.62. The van der Waals surface area contributed by atoms with Crippen LogP contribution in [0.4, 0.5) is 0 Å². The fourth-order valence-electron chi connectivity index (χ4n) is 1.91. The molecule has 0 fully saturated rings. The van der Waals surface area contributed by atoms with Crippen LogP contribution < -0.4 is 0 Å². The summed E-state index contributed by atoms with van der Waals surface area (Å²) in [5, 5.41) is 0. The Kier molecular flexibility index (Phi) is 11.6. The van der Waals surface area contributed by atoms with Gasteiger partial charge in [-0.3, -0.25) is 0 Å². The van der Waals surface area contributed by atoms with Crippen LogP contribution in [-0.4, -0.2) is 35.1 Å². The first kappa shape index (κ1) is 16.5. The molecule has 0 bridgehead atoms. The molecule has 0 saturated carbocycles. The van der Waals surface area contributed by atoms with Crippen LogP contribution in [0, 0.1) is 0 Å². The lowest BCUT2D eigenvalue weighted by molar-refractivity contribution is 0.200. The number of isocyanates is 1. The molecule has 0 spiro atoms. The lowest BCUT2D eigenvalue weighted by atomic mass is 10.1. The molecule has 100 valence electrons. The minimum absolute atomic E-state index is 0.529. The smallest absolute Gasteiger partial charge is 0.324 e. The Hall–Kier alpha value is -0.483. The standard InChI is InChI=1S/C12H25NO3Si/c1-4-8-12(9-7-10-13-11-14)17(15-5-2)16-6-3/h12,17H,4-10H2,1-3H3. The van der Waals surface area contributed by atoms with Gasteiger partial charge in [0.05, 0.1) is 6.54 Å². The lowest BCUT2D eigenvalue weighted by Crippen LogP contribution is -2.29. The highest BCUT2D eigenvalue weighted by Crippen LogP contribution is 2.25. The molecular weight excluding hydrogens is 234 g/mol. The van der Waals surface area contributed by atoms with E-state index in [0.29, 0.717) is 12.1 Å². The predicted molar refractivity (Wildman–Crippen MR) is 71.3 cm³/mol. The highest BCUT2D eigenvalue weighted by Gasteiger charge is 2.24.